The number of imidazole rings is 1. The van der Waals surface area contributed by atoms with Gasteiger partial charge in [-0.15, -0.1) is 0 Å². The van der Waals surface area contributed by atoms with Crippen LogP contribution in [0.4, 0.5) is 0 Å². The number of hydrogen-bond acceptors (Lipinski definition) is 3. The first-order valence-corrected chi connectivity index (χ1v) is 6.10. The van der Waals surface area contributed by atoms with Crippen molar-refractivity contribution in [2.24, 2.45) is 5.73 Å². The zero-order valence-corrected chi connectivity index (χ0v) is 10.3. The second-order valence-electron chi connectivity index (χ2n) is 4.31. The van der Waals surface area contributed by atoms with Crippen LogP contribution in [0.25, 0.3) is 11.3 Å². The van der Waals surface area contributed by atoms with E-state index < -0.39 is 0 Å². The standard InChI is InChI=1S/C15H14N4/c16-14(12-4-2-1-3-5-12)15-18-10-13(19-15)11-6-8-17-9-7-11/h1-10,14H,16H2,(H,18,19). The first-order chi connectivity index (χ1) is 9.34. The summed E-state index contributed by atoms with van der Waals surface area (Å²) in [6.45, 7) is 0. The molecule has 0 saturated carbocycles. The Morgan fingerprint density at radius 3 is 2.47 bits per heavy atom. The molecule has 1 atom stereocenters. The molecule has 4 nitrogen and oxygen atoms in total. The zero-order chi connectivity index (χ0) is 13.1. The van der Waals surface area contributed by atoms with Crippen molar-refractivity contribution in [2.45, 2.75) is 6.04 Å². The molecule has 0 aliphatic heterocycles. The van der Waals surface area contributed by atoms with Crippen LogP contribution in [-0.2, 0) is 0 Å². The number of benzene rings is 1. The molecule has 3 aromatic rings. The SMILES string of the molecule is NC(c1ccccc1)c1ncc(-c2ccncc2)[nH]1. The minimum atomic E-state index is -0.239. The number of nitrogens with one attached hydrogen (secondary N) is 1. The Hall–Kier alpha value is -2.46. The summed E-state index contributed by atoms with van der Waals surface area (Å²) < 4.78 is 0. The Kier molecular flexibility index (Phi) is 3.08. The van der Waals surface area contributed by atoms with E-state index in [-0.39, 0.29) is 6.04 Å². The van der Waals surface area contributed by atoms with Crippen LogP contribution in [-0.4, -0.2) is 15.0 Å². The van der Waals surface area contributed by atoms with Crippen molar-refractivity contribution in [2.75, 3.05) is 0 Å². The maximum absolute atomic E-state index is 6.20. The molecule has 1 aromatic carbocycles. The lowest BCUT2D eigenvalue weighted by Gasteiger charge is -2.08. The largest absolute Gasteiger partial charge is 0.340 e. The fourth-order valence-electron chi connectivity index (χ4n) is 1.99. The topological polar surface area (TPSA) is 67.6 Å². The van der Waals surface area contributed by atoms with Gasteiger partial charge in [0.25, 0.3) is 0 Å². The fraction of sp³-hybridized carbons (Fsp3) is 0.0667. The van der Waals surface area contributed by atoms with Crippen LogP contribution in [0.3, 0.4) is 0 Å². The van der Waals surface area contributed by atoms with Crippen LogP contribution in [0.5, 0.6) is 0 Å². The summed E-state index contributed by atoms with van der Waals surface area (Å²) in [7, 11) is 0. The molecule has 2 aromatic heterocycles. The van der Waals surface area contributed by atoms with Crippen LogP contribution in [0.15, 0.2) is 61.1 Å². The molecule has 94 valence electrons. The van der Waals surface area contributed by atoms with Gasteiger partial charge in [-0.05, 0) is 17.7 Å². The average Bonchev–Trinajstić information content (AvgIpc) is 2.98. The summed E-state index contributed by atoms with van der Waals surface area (Å²) >= 11 is 0. The van der Waals surface area contributed by atoms with Gasteiger partial charge in [0, 0.05) is 18.0 Å². The third-order valence-electron chi connectivity index (χ3n) is 3.04. The Morgan fingerprint density at radius 1 is 1.00 bits per heavy atom. The van der Waals surface area contributed by atoms with E-state index in [9.17, 15) is 0 Å². The van der Waals surface area contributed by atoms with Crippen LogP contribution < -0.4 is 5.73 Å². The van der Waals surface area contributed by atoms with Crippen molar-refractivity contribution < 1.29 is 0 Å². The van der Waals surface area contributed by atoms with E-state index in [4.69, 9.17) is 5.73 Å². The molecule has 0 fully saturated rings. The van der Waals surface area contributed by atoms with Gasteiger partial charge in [-0.25, -0.2) is 4.98 Å². The summed E-state index contributed by atoms with van der Waals surface area (Å²) in [4.78, 5) is 11.6. The number of pyridine rings is 1. The Labute approximate surface area is 111 Å². The molecule has 3 N–H and O–H groups in total. The van der Waals surface area contributed by atoms with Crippen molar-refractivity contribution >= 4 is 0 Å². The van der Waals surface area contributed by atoms with E-state index in [1.807, 2.05) is 42.5 Å². The first-order valence-electron chi connectivity index (χ1n) is 6.10. The zero-order valence-electron chi connectivity index (χ0n) is 10.3. The summed E-state index contributed by atoms with van der Waals surface area (Å²) in [5.74, 6) is 0.762. The number of H-pyrrole nitrogens is 1. The van der Waals surface area contributed by atoms with Gasteiger partial charge in [0.15, 0.2) is 0 Å². The molecular weight excluding hydrogens is 236 g/mol. The van der Waals surface area contributed by atoms with Crippen LogP contribution in [0.1, 0.15) is 17.4 Å². The molecule has 0 bridgehead atoms. The van der Waals surface area contributed by atoms with Crippen molar-refractivity contribution in [3.05, 3.63) is 72.4 Å². The van der Waals surface area contributed by atoms with Crippen molar-refractivity contribution in [1.29, 1.82) is 0 Å². The minimum absolute atomic E-state index is 0.239. The predicted octanol–water partition coefficient (Wildman–Crippen LogP) is 2.52. The monoisotopic (exact) mass is 250 g/mol. The molecule has 0 aliphatic rings. The highest BCUT2D eigenvalue weighted by Gasteiger charge is 2.12. The number of nitrogens with zero attached hydrogens (tertiary/aromatic N) is 2. The van der Waals surface area contributed by atoms with Gasteiger partial charge in [0.05, 0.1) is 17.9 Å². The Balaban J connectivity index is 1.90. The molecular formula is C15H14N4. The highest BCUT2D eigenvalue weighted by molar-refractivity contribution is 5.57. The highest BCUT2D eigenvalue weighted by atomic mass is 15.0. The van der Waals surface area contributed by atoms with Crippen molar-refractivity contribution in [3.8, 4) is 11.3 Å². The van der Waals surface area contributed by atoms with Crippen LogP contribution in [0, 0.1) is 0 Å². The molecule has 0 radical (unpaired) electrons. The Morgan fingerprint density at radius 2 is 1.74 bits per heavy atom. The lowest BCUT2D eigenvalue weighted by molar-refractivity contribution is 0.801. The molecule has 0 saturated heterocycles. The number of hydrogen-bond donors (Lipinski definition) is 2. The number of nitrogens with two attached hydrogens (primary N) is 1. The first kappa shape index (κ1) is 11.6. The average molecular weight is 250 g/mol. The second-order valence-corrected chi connectivity index (χ2v) is 4.31. The maximum atomic E-state index is 6.20. The normalized spacial score (nSPS) is 12.3. The lowest BCUT2D eigenvalue weighted by atomic mass is 10.1. The molecule has 4 heteroatoms. The summed E-state index contributed by atoms with van der Waals surface area (Å²) in [5.41, 5.74) is 9.24. The third-order valence-corrected chi connectivity index (χ3v) is 3.04. The predicted molar refractivity (Wildman–Crippen MR) is 74.3 cm³/mol. The molecule has 19 heavy (non-hydrogen) atoms. The lowest BCUT2D eigenvalue weighted by Crippen LogP contribution is -2.13. The van der Waals surface area contributed by atoms with Crippen LogP contribution in [0.2, 0.25) is 0 Å². The molecule has 0 aliphatic carbocycles. The van der Waals surface area contributed by atoms with Gasteiger partial charge < -0.3 is 10.7 Å². The van der Waals surface area contributed by atoms with E-state index >= 15 is 0 Å². The third kappa shape index (κ3) is 2.39. The highest BCUT2D eigenvalue weighted by Crippen LogP contribution is 2.21. The van der Waals surface area contributed by atoms with E-state index in [2.05, 4.69) is 15.0 Å². The van der Waals surface area contributed by atoms with Gasteiger partial charge >= 0.3 is 0 Å². The summed E-state index contributed by atoms with van der Waals surface area (Å²) in [5, 5.41) is 0. The van der Waals surface area contributed by atoms with E-state index in [1.54, 1.807) is 18.6 Å². The molecule has 0 spiro atoms. The van der Waals surface area contributed by atoms with E-state index in [0.717, 1.165) is 22.6 Å². The fourth-order valence-corrected chi connectivity index (χ4v) is 1.99. The van der Waals surface area contributed by atoms with Gasteiger partial charge in [0.2, 0.25) is 0 Å². The molecule has 3 rings (SSSR count). The quantitative estimate of drug-likeness (QED) is 0.750. The van der Waals surface area contributed by atoms with Gasteiger partial charge in [-0.2, -0.15) is 0 Å². The maximum Gasteiger partial charge on any atom is 0.128 e. The van der Waals surface area contributed by atoms with E-state index in [0.29, 0.717) is 0 Å². The van der Waals surface area contributed by atoms with E-state index in [1.165, 1.54) is 0 Å². The summed E-state index contributed by atoms with van der Waals surface area (Å²) in [6.07, 6.45) is 5.31. The van der Waals surface area contributed by atoms with Crippen LogP contribution >= 0.6 is 0 Å². The number of aromatic nitrogens is 3. The number of aromatic amines is 1. The van der Waals surface area contributed by atoms with Gasteiger partial charge in [-0.1, -0.05) is 30.3 Å². The summed E-state index contributed by atoms with van der Waals surface area (Å²) in [6, 6.07) is 13.6. The second kappa shape index (κ2) is 5.04. The van der Waals surface area contributed by atoms with Gasteiger partial charge in [-0.3, -0.25) is 4.98 Å². The van der Waals surface area contributed by atoms with Gasteiger partial charge in [0.1, 0.15) is 5.82 Å². The molecule has 2 heterocycles. The van der Waals surface area contributed by atoms with Crippen molar-refractivity contribution in [3.63, 3.8) is 0 Å². The smallest absolute Gasteiger partial charge is 0.128 e. The molecule has 1 unspecified atom stereocenters. The Bertz CT molecular complexity index is 646. The minimum Gasteiger partial charge on any atom is -0.340 e. The molecule has 0 amide bonds. The van der Waals surface area contributed by atoms with Crippen molar-refractivity contribution in [1.82, 2.24) is 15.0 Å². The number of rotatable bonds is 3.